The van der Waals surface area contributed by atoms with Gasteiger partial charge in [-0.2, -0.15) is 16.9 Å². The Morgan fingerprint density at radius 3 is 1.59 bits per heavy atom. The fraction of sp³-hybridized carbons (Fsp3) is 0.867. The predicted molar refractivity (Wildman–Crippen MR) is 263 cm³/mol. The van der Waals surface area contributed by atoms with Gasteiger partial charge in [0.05, 0.1) is 164 Å². The van der Waals surface area contributed by atoms with Crippen LogP contribution < -0.4 is 32.4 Å². The van der Waals surface area contributed by atoms with E-state index in [0.717, 1.165) is 25.0 Å². The number of carbonyl (C=O) groups is 4. The van der Waals surface area contributed by atoms with Crippen LogP contribution in [-0.2, 0) is 66.4 Å². The number of alkyl carbamates (subject to hydrolysis) is 1. The molecule has 5 amide bonds. The molecule has 0 saturated carbocycles. The summed E-state index contributed by atoms with van der Waals surface area (Å²) in [7, 11) is 0. The average molecular weight is 1030 g/mol. The molecule has 2 saturated heterocycles. The van der Waals surface area contributed by atoms with Gasteiger partial charge in [-0.15, -0.1) is 0 Å². The van der Waals surface area contributed by atoms with Crippen LogP contribution >= 0.6 is 11.8 Å². The van der Waals surface area contributed by atoms with E-state index in [9.17, 15) is 19.2 Å². The van der Waals surface area contributed by atoms with Crippen LogP contribution in [0, 0.1) is 0 Å². The molecule has 3 atom stereocenters. The lowest BCUT2D eigenvalue weighted by Crippen LogP contribution is -2.36. The third-order valence-corrected chi connectivity index (χ3v) is 11.1. The zero-order chi connectivity index (χ0) is 50.6. The van der Waals surface area contributed by atoms with E-state index in [2.05, 4.69) is 36.7 Å². The van der Waals surface area contributed by atoms with Gasteiger partial charge in [-0.1, -0.05) is 6.42 Å². The van der Waals surface area contributed by atoms with Crippen LogP contribution in [0.15, 0.2) is 10.1 Å². The highest BCUT2D eigenvalue weighted by molar-refractivity contribution is 8.00. The predicted octanol–water partition coefficient (Wildman–Crippen LogP) is 0.428. The maximum atomic E-state index is 12.1. The van der Waals surface area contributed by atoms with Gasteiger partial charge in [0.25, 0.3) is 0 Å². The van der Waals surface area contributed by atoms with E-state index < -0.39 is 11.7 Å². The van der Waals surface area contributed by atoms with Crippen molar-refractivity contribution in [1.82, 2.24) is 26.6 Å². The minimum atomic E-state index is -0.529. The maximum absolute atomic E-state index is 12.1. The van der Waals surface area contributed by atoms with Gasteiger partial charge in [0.1, 0.15) is 11.3 Å². The Kier molecular flexibility index (Phi) is 38.6. The average Bonchev–Trinajstić information content (AvgIpc) is 3.89. The molecule has 0 aromatic carbocycles. The topological polar surface area (TPSA) is 290 Å². The van der Waals surface area contributed by atoms with Gasteiger partial charge in [-0.25, -0.2) is 9.59 Å². The second kappa shape index (κ2) is 43.1. The molecule has 0 aromatic heterocycles. The van der Waals surface area contributed by atoms with Crippen molar-refractivity contribution in [2.24, 2.45) is 15.9 Å². The molecule has 2 heterocycles. The molecule has 2 aliphatic heterocycles. The van der Waals surface area contributed by atoms with Crippen molar-refractivity contribution >= 4 is 47.6 Å². The molecule has 0 bridgehead atoms. The van der Waals surface area contributed by atoms with E-state index in [1.54, 1.807) is 27.0 Å². The molecule has 0 radical (unpaired) electrons. The standard InChI is InChI=1S/C45H84N8O16S/c1-45(2,3)69-44(57)50-12-17-61-20-23-64-26-29-65-28-25-63-22-19-60-16-11-49-41(55)8-13-58-18-21-62-24-27-66-30-31-67-32-33-68-35-37(53-46)34-47-9-14-59-15-10-48-40(54)7-5-4-6-39-42-38(36-70-39)51-43(56)52-42/h34,38-39,42H,4-33,35-36,46H2,1-3H3,(H,48,54)(H,49,55)(H,50,57)(H2,51,52,56)/t38-,39+,42-/m1/s1. The number of rotatable bonds is 47. The summed E-state index contributed by atoms with van der Waals surface area (Å²) < 4.78 is 65.4. The molecule has 7 N–H and O–H groups in total. The summed E-state index contributed by atoms with van der Waals surface area (Å²) in [5, 5.41) is 18.3. The summed E-state index contributed by atoms with van der Waals surface area (Å²) in [6, 6.07) is 0.353. The number of unbranched alkanes of at least 4 members (excludes halogenated alkanes) is 1. The van der Waals surface area contributed by atoms with Gasteiger partial charge in [-0.05, 0) is 33.6 Å². The number of nitrogens with one attached hydrogen (secondary N) is 5. The number of thioether (sulfide) groups is 1. The Morgan fingerprint density at radius 2 is 1.07 bits per heavy atom. The smallest absolute Gasteiger partial charge is 0.407 e. The van der Waals surface area contributed by atoms with E-state index in [1.165, 1.54) is 0 Å². The lowest BCUT2D eigenvalue weighted by Gasteiger charge is -2.19. The molecule has 70 heavy (non-hydrogen) atoms. The van der Waals surface area contributed by atoms with E-state index in [1.807, 2.05) is 11.8 Å². The van der Waals surface area contributed by atoms with E-state index >= 15 is 0 Å². The van der Waals surface area contributed by atoms with Crippen LogP contribution in [0.5, 0.6) is 0 Å². The van der Waals surface area contributed by atoms with Gasteiger partial charge in [0.15, 0.2) is 0 Å². The summed E-state index contributed by atoms with van der Waals surface area (Å²) in [5.74, 6) is 6.29. The number of hydrogen-bond acceptors (Lipinski definition) is 20. The van der Waals surface area contributed by atoms with Crippen LogP contribution in [0.25, 0.3) is 0 Å². The summed E-state index contributed by atoms with van der Waals surface area (Å²) in [5.41, 5.74) is -0.0401. The van der Waals surface area contributed by atoms with Crippen molar-refractivity contribution in [2.45, 2.75) is 75.8 Å². The largest absolute Gasteiger partial charge is 0.444 e. The fourth-order valence-corrected chi connectivity index (χ4v) is 7.76. The molecule has 0 aliphatic carbocycles. The number of hydrazone groups is 1. The SMILES string of the molecule is CC(C)(C)OC(=O)NCCOCCOCCOCCOCCOCCNC(=O)CCOCCOCCOCCOCCOCC(C=NCCOCCNC(=O)CCCC[C@@H]1SC[C@H]2NC(=O)N[C@@H]12)=NN. The van der Waals surface area contributed by atoms with E-state index in [4.69, 9.17) is 62.7 Å². The van der Waals surface area contributed by atoms with Crippen LogP contribution in [0.1, 0.15) is 52.9 Å². The summed E-state index contributed by atoms with van der Waals surface area (Å²) in [6.45, 7) is 15.7. The molecule has 406 valence electrons. The van der Waals surface area contributed by atoms with Crippen molar-refractivity contribution in [1.29, 1.82) is 0 Å². The second-order valence-electron chi connectivity index (χ2n) is 16.6. The van der Waals surface area contributed by atoms with E-state index in [-0.39, 0.29) is 43.0 Å². The van der Waals surface area contributed by atoms with Crippen molar-refractivity contribution in [3.05, 3.63) is 0 Å². The molecule has 2 fully saturated rings. The number of amides is 5. The molecule has 0 aromatic rings. The Balaban J connectivity index is 1.20. The number of hydrogen-bond donors (Lipinski definition) is 6. The minimum absolute atomic E-state index is 0.0132. The van der Waals surface area contributed by atoms with Crippen LogP contribution in [0.2, 0.25) is 0 Å². The molecular formula is C45H84N8O16S. The van der Waals surface area contributed by atoms with E-state index in [0.29, 0.717) is 182 Å². The highest BCUT2D eigenvalue weighted by Gasteiger charge is 2.42. The molecule has 0 unspecified atom stereocenters. The molecule has 2 rings (SSSR count). The van der Waals surface area contributed by atoms with Crippen molar-refractivity contribution in [3.63, 3.8) is 0 Å². The number of nitrogens with zero attached hydrogens (tertiary/aromatic N) is 2. The zero-order valence-corrected chi connectivity index (χ0v) is 42.7. The van der Waals surface area contributed by atoms with Gasteiger partial charge in [0.2, 0.25) is 11.8 Å². The first-order valence-electron chi connectivity index (χ1n) is 24.4. The number of urea groups is 1. The monoisotopic (exact) mass is 1020 g/mol. The third kappa shape index (κ3) is 37.3. The molecule has 2 aliphatic rings. The number of ether oxygens (including phenoxy) is 12. The normalized spacial score (nSPS) is 16.9. The first kappa shape index (κ1) is 62.6. The number of aliphatic imine (C=N–C) groups is 1. The molecule has 25 heteroatoms. The highest BCUT2D eigenvalue weighted by atomic mass is 32.2. The first-order chi connectivity index (χ1) is 34.1. The number of nitrogens with two attached hydrogens (primary N) is 1. The van der Waals surface area contributed by atoms with Crippen molar-refractivity contribution in [3.8, 4) is 0 Å². The van der Waals surface area contributed by atoms with Gasteiger partial charge >= 0.3 is 12.1 Å². The van der Waals surface area contributed by atoms with Crippen molar-refractivity contribution < 1.29 is 76.0 Å². The fourth-order valence-electron chi connectivity index (χ4n) is 6.22. The Bertz CT molecular complexity index is 1420. The zero-order valence-electron chi connectivity index (χ0n) is 41.8. The van der Waals surface area contributed by atoms with Gasteiger partial charge in [-0.3, -0.25) is 14.6 Å². The Labute approximate surface area is 418 Å². The van der Waals surface area contributed by atoms with Crippen LogP contribution in [0.3, 0.4) is 0 Å². The van der Waals surface area contributed by atoms with Gasteiger partial charge < -0.3 is 89.3 Å². The Morgan fingerprint density at radius 1 is 0.614 bits per heavy atom. The molecule has 24 nitrogen and oxygen atoms in total. The summed E-state index contributed by atoms with van der Waals surface area (Å²) in [6.07, 6.45) is 4.56. The quantitative estimate of drug-likeness (QED) is 0.0158. The summed E-state index contributed by atoms with van der Waals surface area (Å²) >= 11 is 1.89. The van der Waals surface area contributed by atoms with Crippen molar-refractivity contribution in [2.75, 3.05) is 177 Å². The Hall–Kier alpha value is -3.47. The first-order valence-corrected chi connectivity index (χ1v) is 25.4. The van der Waals surface area contributed by atoms with Crippen LogP contribution in [0.4, 0.5) is 9.59 Å². The highest BCUT2D eigenvalue weighted by Crippen LogP contribution is 2.33. The maximum Gasteiger partial charge on any atom is 0.407 e. The lowest BCUT2D eigenvalue weighted by molar-refractivity contribution is -0.123. The number of fused-ring (bicyclic) bond motifs is 1. The molecule has 0 spiro atoms. The second-order valence-corrected chi connectivity index (χ2v) is 17.9. The molecular weight excluding hydrogens is 941 g/mol. The third-order valence-electron chi connectivity index (χ3n) is 9.60. The van der Waals surface area contributed by atoms with Gasteiger partial charge in [0, 0.05) is 49.7 Å². The lowest BCUT2D eigenvalue weighted by atomic mass is 10.0. The number of carbonyl (C=O) groups excluding carboxylic acids is 4. The van der Waals surface area contributed by atoms with Crippen LogP contribution in [-0.4, -0.2) is 236 Å². The summed E-state index contributed by atoms with van der Waals surface area (Å²) in [4.78, 5) is 51.4. The minimum Gasteiger partial charge on any atom is -0.444 e.